The van der Waals surface area contributed by atoms with E-state index in [1.54, 1.807) is 0 Å². The Balaban J connectivity index is 1.37. The molecular formula is C34H25ClN2O2S. The number of thiazole rings is 1. The summed E-state index contributed by atoms with van der Waals surface area (Å²) in [6, 6.07) is 31.8. The van der Waals surface area contributed by atoms with Crippen LogP contribution in [-0.2, 0) is 0 Å². The van der Waals surface area contributed by atoms with Crippen LogP contribution in [0.25, 0.3) is 23.5 Å². The zero-order chi connectivity index (χ0) is 27.1. The summed E-state index contributed by atoms with van der Waals surface area (Å²) in [6.07, 6.45) is 6.98. The number of hydrogen-bond acceptors (Lipinski definition) is 4. The Kier molecular flexibility index (Phi) is 6.46. The summed E-state index contributed by atoms with van der Waals surface area (Å²) < 4.78 is 8.58. The van der Waals surface area contributed by atoms with Gasteiger partial charge in [-0.25, -0.2) is 4.99 Å². The number of furan rings is 1. The van der Waals surface area contributed by atoms with Crippen molar-refractivity contribution in [1.29, 1.82) is 0 Å². The lowest BCUT2D eigenvalue weighted by molar-refractivity contribution is 0.553. The molecule has 3 aromatic carbocycles. The molecule has 0 fully saturated rings. The summed E-state index contributed by atoms with van der Waals surface area (Å²) in [5, 5.41) is 0.675. The van der Waals surface area contributed by atoms with Crippen LogP contribution in [0.1, 0.15) is 42.2 Å². The van der Waals surface area contributed by atoms with Gasteiger partial charge >= 0.3 is 0 Å². The maximum atomic E-state index is 14.0. The Labute approximate surface area is 240 Å². The average Bonchev–Trinajstić information content (AvgIpc) is 3.58. The zero-order valence-electron chi connectivity index (χ0n) is 21.6. The highest BCUT2D eigenvalue weighted by Crippen LogP contribution is 2.41. The molecule has 1 aliphatic heterocycles. The van der Waals surface area contributed by atoms with Crippen molar-refractivity contribution < 1.29 is 4.42 Å². The van der Waals surface area contributed by atoms with E-state index in [1.165, 1.54) is 22.5 Å². The largest absolute Gasteiger partial charge is 0.457 e. The Morgan fingerprint density at radius 1 is 0.875 bits per heavy atom. The molecule has 2 aliphatic rings. The van der Waals surface area contributed by atoms with Crippen LogP contribution in [0.3, 0.4) is 0 Å². The molecule has 0 bridgehead atoms. The van der Waals surface area contributed by atoms with Crippen molar-refractivity contribution >= 4 is 35.1 Å². The number of fused-ring (bicyclic) bond motifs is 1. The first-order valence-electron chi connectivity index (χ1n) is 13.4. The lowest BCUT2D eigenvalue weighted by Gasteiger charge is -2.31. The Morgan fingerprint density at radius 3 is 2.40 bits per heavy atom. The van der Waals surface area contributed by atoms with Gasteiger partial charge in [-0.15, -0.1) is 0 Å². The molecule has 2 aromatic heterocycles. The topological polar surface area (TPSA) is 47.5 Å². The average molecular weight is 561 g/mol. The van der Waals surface area contributed by atoms with E-state index in [-0.39, 0.29) is 11.6 Å². The van der Waals surface area contributed by atoms with Gasteiger partial charge in [0.1, 0.15) is 11.5 Å². The van der Waals surface area contributed by atoms with Crippen molar-refractivity contribution in [2.24, 2.45) is 4.99 Å². The lowest BCUT2D eigenvalue weighted by atomic mass is 9.84. The van der Waals surface area contributed by atoms with Gasteiger partial charge in [0.05, 0.1) is 16.3 Å². The highest BCUT2D eigenvalue weighted by molar-refractivity contribution is 7.07. The van der Waals surface area contributed by atoms with Gasteiger partial charge in [-0.3, -0.25) is 9.36 Å². The van der Waals surface area contributed by atoms with E-state index in [0.717, 1.165) is 47.4 Å². The molecule has 1 aliphatic carbocycles. The minimum Gasteiger partial charge on any atom is -0.457 e. The molecule has 0 N–H and O–H groups in total. The normalized spacial score (nSPS) is 18.0. The summed E-state index contributed by atoms with van der Waals surface area (Å²) in [6.45, 7) is 0. The molecular weight excluding hydrogens is 536 g/mol. The molecule has 1 atom stereocenters. The van der Waals surface area contributed by atoms with Crippen molar-refractivity contribution in [3.63, 3.8) is 0 Å². The summed E-state index contributed by atoms with van der Waals surface area (Å²) in [5.74, 6) is 1.35. The fraction of sp³-hybridized carbons (Fsp3) is 0.118. The molecule has 7 rings (SSSR count). The van der Waals surface area contributed by atoms with Crippen molar-refractivity contribution in [3.05, 3.63) is 156 Å². The third kappa shape index (κ3) is 4.61. The van der Waals surface area contributed by atoms with E-state index >= 15 is 0 Å². The maximum Gasteiger partial charge on any atom is 0.271 e. The molecule has 0 amide bonds. The van der Waals surface area contributed by atoms with E-state index in [4.69, 9.17) is 21.0 Å². The van der Waals surface area contributed by atoms with Gasteiger partial charge in [0.25, 0.3) is 5.56 Å². The van der Waals surface area contributed by atoms with Crippen LogP contribution in [0.15, 0.2) is 128 Å². The SMILES string of the molecule is O=c1/c(=C\c2ccc(-c3ccc(Cl)cc3)o2)sc2n1C(c1ccccc1)C1=C(N=2)/C(=C\c2ccccc2)CCC1. The number of aromatic nitrogens is 1. The van der Waals surface area contributed by atoms with Gasteiger partial charge in [-0.2, -0.15) is 0 Å². The second-order valence-corrected chi connectivity index (χ2v) is 11.5. The quantitative estimate of drug-likeness (QED) is 0.230. The minimum absolute atomic E-state index is 0.0484. The molecule has 1 unspecified atom stereocenters. The van der Waals surface area contributed by atoms with Gasteiger partial charge < -0.3 is 4.42 Å². The molecule has 6 heteroatoms. The molecule has 0 saturated carbocycles. The summed E-state index contributed by atoms with van der Waals surface area (Å²) in [5.41, 5.74) is 6.61. The minimum atomic E-state index is -0.185. The zero-order valence-corrected chi connectivity index (χ0v) is 23.2. The van der Waals surface area contributed by atoms with Crippen molar-refractivity contribution in [1.82, 2.24) is 4.57 Å². The molecule has 196 valence electrons. The first-order chi connectivity index (χ1) is 19.6. The van der Waals surface area contributed by atoms with Crippen LogP contribution in [-0.4, -0.2) is 4.57 Å². The fourth-order valence-corrected chi connectivity index (χ4v) is 6.68. The highest BCUT2D eigenvalue weighted by Gasteiger charge is 2.32. The lowest BCUT2D eigenvalue weighted by Crippen LogP contribution is -2.39. The van der Waals surface area contributed by atoms with Gasteiger partial charge in [-0.05, 0) is 84.0 Å². The van der Waals surface area contributed by atoms with Crippen LogP contribution in [0, 0.1) is 0 Å². The van der Waals surface area contributed by atoms with Crippen LogP contribution >= 0.6 is 22.9 Å². The molecule has 40 heavy (non-hydrogen) atoms. The standard InChI is InChI=1S/C34H25ClN2O2S/c35-26-16-14-23(15-17-26)29-19-18-27(39-29)21-30-33(38)37-32(24-10-5-2-6-11-24)28-13-7-12-25(31(28)36-34(37)40-30)20-22-8-3-1-4-9-22/h1-6,8-11,14-21,32H,7,12-13H2/b25-20-,30-21+. The smallest absolute Gasteiger partial charge is 0.271 e. The van der Waals surface area contributed by atoms with Crippen LogP contribution < -0.4 is 14.9 Å². The summed E-state index contributed by atoms with van der Waals surface area (Å²) in [4.78, 5) is 19.8. The molecule has 3 heterocycles. The Morgan fingerprint density at radius 2 is 1.62 bits per heavy atom. The van der Waals surface area contributed by atoms with E-state index in [1.807, 2.05) is 71.3 Å². The van der Waals surface area contributed by atoms with E-state index < -0.39 is 0 Å². The van der Waals surface area contributed by atoms with Crippen molar-refractivity contribution in [2.75, 3.05) is 0 Å². The van der Waals surface area contributed by atoms with Gasteiger partial charge in [0.15, 0.2) is 4.80 Å². The van der Waals surface area contributed by atoms with Crippen LogP contribution in [0.2, 0.25) is 5.02 Å². The molecule has 0 saturated heterocycles. The molecule has 0 radical (unpaired) electrons. The molecule has 4 nitrogen and oxygen atoms in total. The number of benzene rings is 3. The predicted molar refractivity (Wildman–Crippen MR) is 162 cm³/mol. The van der Waals surface area contributed by atoms with Gasteiger partial charge in [-0.1, -0.05) is 83.6 Å². The third-order valence-electron chi connectivity index (χ3n) is 7.42. The van der Waals surface area contributed by atoms with Gasteiger partial charge in [0, 0.05) is 16.7 Å². The Bertz CT molecular complexity index is 1950. The summed E-state index contributed by atoms with van der Waals surface area (Å²) >= 11 is 7.46. The van der Waals surface area contributed by atoms with E-state index in [9.17, 15) is 4.79 Å². The van der Waals surface area contributed by atoms with E-state index in [0.29, 0.717) is 20.1 Å². The van der Waals surface area contributed by atoms with Crippen molar-refractivity contribution in [3.8, 4) is 11.3 Å². The number of nitrogens with zero attached hydrogens (tertiary/aromatic N) is 2. The second kappa shape index (κ2) is 10.4. The molecule has 0 spiro atoms. The third-order valence-corrected chi connectivity index (χ3v) is 8.65. The highest BCUT2D eigenvalue weighted by atomic mass is 35.5. The number of halogens is 1. The van der Waals surface area contributed by atoms with Gasteiger partial charge in [0.2, 0.25) is 0 Å². The monoisotopic (exact) mass is 560 g/mol. The number of rotatable bonds is 4. The van der Waals surface area contributed by atoms with E-state index in [2.05, 4.69) is 42.5 Å². The molecule has 5 aromatic rings. The first kappa shape index (κ1) is 24.8. The second-order valence-electron chi connectivity index (χ2n) is 10.0. The number of allylic oxidation sites excluding steroid dienone is 2. The number of hydrogen-bond donors (Lipinski definition) is 0. The fourth-order valence-electron chi connectivity index (χ4n) is 5.57. The predicted octanol–water partition coefficient (Wildman–Crippen LogP) is 7.40. The Hall–Kier alpha value is -4.19. The van der Waals surface area contributed by atoms with Crippen molar-refractivity contribution in [2.45, 2.75) is 25.3 Å². The van der Waals surface area contributed by atoms with Crippen LogP contribution in [0.5, 0.6) is 0 Å². The first-order valence-corrected chi connectivity index (χ1v) is 14.5. The maximum absolute atomic E-state index is 14.0. The van der Waals surface area contributed by atoms with Crippen LogP contribution in [0.4, 0.5) is 0 Å². The summed E-state index contributed by atoms with van der Waals surface area (Å²) in [7, 11) is 0.